The Bertz CT molecular complexity index is 447. The first kappa shape index (κ1) is 17.9. The van der Waals surface area contributed by atoms with Crippen molar-refractivity contribution < 1.29 is 17.9 Å². The van der Waals surface area contributed by atoms with Crippen LogP contribution in [0.15, 0.2) is 24.3 Å². The molecule has 1 aromatic rings. The maximum Gasteiger partial charge on any atom is 0.416 e. The molecule has 0 heterocycles. The molecule has 0 aliphatic heterocycles. The van der Waals surface area contributed by atoms with E-state index in [9.17, 15) is 13.2 Å². The van der Waals surface area contributed by atoms with E-state index in [1.807, 2.05) is 13.8 Å². The Labute approximate surface area is 123 Å². The van der Waals surface area contributed by atoms with Gasteiger partial charge in [-0.1, -0.05) is 18.2 Å². The predicted molar refractivity (Wildman–Crippen MR) is 76.6 cm³/mol. The van der Waals surface area contributed by atoms with Crippen molar-refractivity contribution in [2.75, 3.05) is 7.11 Å². The van der Waals surface area contributed by atoms with E-state index in [1.165, 1.54) is 12.1 Å². The second-order valence-electron chi connectivity index (χ2n) is 5.77. The van der Waals surface area contributed by atoms with Gasteiger partial charge in [-0.3, -0.25) is 11.3 Å². The number of nitrogens with two attached hydrogens (primary N) is 1. The molecule has 0 spiro atoms. The lowest BCUT2D eigenvalue weighted by atomic mass is 9.95. The highest BCUT2D eigenvalue weighted by Gasteiger charge is 2.30. The molecule has 0 saturated heterocycles. The standard InChI is InChI=1S/C15H23F3N2O/c1-14(2,21-3)8-7-13(20-19)10-11-5-4-6-12(9-11)15(16,17)18/h4-6,9,13,20H,7-8,10,19H2,1-3H3. The van der Waals surface area contributed by atoms with E-state index in [2.05, 4.69) is 5.43 Å². The van der Waals surface area contributed by atoms with Gasteiger partial charge in [0.1, 0.15) is 0 Å². The number of rotatable bonds is 7. The minimum absolute atomic E-state index is 0.0945. The van der Waals surface area contributed by atoms with Gasteiger partial charge in [0.05, 0.1) is 11.2 Å². The first-order valence-corrected chi connectivity index (χ1v) is 6.85. The summed E-state index contributed by atoms with van der Waals surface area (Å²) in [7, 11) is 1.64. The van der Waals surface area contributed by atoms with E-state index in [0.717, 1.165) is 12.5 Å². The number of hydrazine groups is 1. The highest BCUT2D eigenvalue weighted by atomic mass is 19.4. The van der Waals surface area contributed by atoms with Crippen LogP contribution < -0.4 is 11.3 Å². The average molecular weight is 304 g/mol. The topological polar surface area (TPSA) is 47.3 Å². The summed E-state index contributed by atoms with van der Waals surface area (Å²) in [6.07, 6.45) is -2.40. The first-order valence-electron chi connectivity index (χ1n) is 6.85. The van der Waals surface area contributed by atoms with Gasteiger partial charge in [0.25, 0.3) is 0 Å². The third-order valence-corrected chi connectivity index (χ3v) is 3.62. The summed E-state index contributed by atoms with van der Waals surface area (Å²) < 4.78 is 43.4. The Morgan fingerprint density at radius 2 is 1.95 bits per heavy atom. The number of ether oxygens (including phenoxy) is 1. The minimum atomic E-state index is -4.32. The van der Waals surface area contributed by atoms with Gasteiger partial charge in [0, 0.05) is 13.2 Å². The van der Waals surface area contributed by atoms with Crippen molar-refractivity contribution in [1.82, 2.24) is 5.43 Å². The molecule has 0 bridgehead atoms. The molecule has 3 nitrogen and oxygen atoms in total. The van der Waals surface area contributed by atoms with E-state index in [1.54, 1.807) is 13.2 Å². The Balaban J connectivity index is 2.69. The molecule has 0 fully saturated rings. The number of hydrogen-bond acceptors (Lipinski definition) is 3. The summed E-state index contributed by atoms with van der Waals surface area (Å²) in [6, 6.07) is 5.25. The molecule has 0 aliphatic carbocycles. The molecule has 120 valence electrons. The van der Waals surface area contributed by atoms with E-state index < -0.39 is 11.7 Å². The minimum Gasteiger partial charge on any atom is -0.379 e. The molecule has 1 atom stereocenters. The molecule has 6 heteroatoms. The second kappa shape index (κ2) is 7.24. The van der Waals surface area contributed by atoms with Gasteiger partial charge in [0.15, 0.2) is 0 Å². The number of benzene rings is 1. The molecule has 1 rings (SSSR count). The van der Waals surface area contributed by atoms with Crippen LogP contribution in [-0.2, 0) is 17.3 Å². The fourth-order valence-corrected chi connectivity index (χ4v) is 2.03. The van der Waals surface area contributed by atoms with Crippen LogP contribution in [-0.4, -0.2) is 18.8 Å². The Hall–Kier alpha value is -1.11. The van der Waals surface area contributed by atoms with Crippen LogP contribution in [0.2, 0.25) is 0 Å². The summed E-state index contributed by atoms with van der Waals surface area (Å²) in [6.45, 7) is 3.93. The van der Waals surface area contributed by atoms with Crippen molar-refractivity contribution in [3.63, 3.8) is 0 Å². The normalized spacial score (nSPS) is 14.2. The molecule has 0 saturated carbocycles. The quantitative estimate of drug-likeness (QED) is 0.600. The van der Waals surface area contributed by atoms with Crippen molar-refractivity contribution in [1.29, 1.82) is 0 Å². The van der Waals surface area contributed by atoms with Gasteiger partial charge in [0.2, 0.25) is 0 Å². The molecular weight excluding hydrogens is 281 g/mol. The molecular formula is C15H23F3N2O. The number of hydrogen-bond donors (Lipinski definition) is 2. The first-order chi connectivity index (χ1) is 9.68. The molecule has 21 heavy (non-hydrogen) atoms. The fraction of sp³-hybridized carbons (Fsp3) is 0.600. The predicted octanol–water partition coefficient (Wildman–Crippen LogP) is 3.29. The van der Waals surface area contributed by atoms with Crippen LogP contribution in [0, 0.1) is 0 Å². The fourth-order valence-electron chi connectivity index (χ4n) is 2.03. The zero-order valence-electron chi connectivity index (χ0n) is 12.6. The van der Waals surface area contributed by atoms with Crippen LogP contribution in [0.4, 0.5) is 13.2 Å². The Morgan fingerprint density at radius 3 is 2.48 bits per heavy atom. The zero-order valence-corrected chi connectivity index (χ0v) is 12.6. The molecule has 1 aromatic carbocycles. The second-order valence-corrected chi connectivity index (χ2v) is 5.77. The van der Waals surface area contributed by atoms with Crippen LogP contribution in [0.5, 0.6) is 0 Å². The summed E-state index contributed by atoms with van der Waals surface area (Å²) in [5.41, 5.74) is 2.38. The van der Waals surface area contributed by atoms with Gasteiger partial charge in [-0.05, 0) is 44.7 Å². The number of alkyl halides is 3. The SMILES string of the molecule is COC(C)(C)CCC(Cc1cccc(C(F)(F)F)c1)NN. The van der Waals surface area contributed by atoms with Crippen molar-refractivity contribution >= 4 is 0 Å². The number of nitrogens with one attached hydrogen (secondary N) is 1. The molecule has 1 unspecified atom stereocenters. The molecule has 3 N–H and O–H groups in total. The summed E-state index contributed by atoms with van der Waals surface area (Å²) in [4.78, 5) is 0. The highest BCUT2D eigenvalue weighted by molar-refractivity contribution is 5.26. The zero-order chi connectivity index (χ0) is 16.1. The maximum absolute atomic E-state index is 12.7. The average Bonchev–Trinajstić information content (AvgIpc) is 2.43. The molecule has 0 radical (unpaired) electrons. The van der Waals surface area contributed by atoms with E-state index in [-0.39, 0.29) is 11.6 Å². The van der Waals surface area contributed by atoms with Crippen LogP contribution in [0.1, 0.15) is 37.8 Å². The van der Waals surface area contributed by atoms with Gasteiger partial charge >= 0.3 is 6.18 Å². The van der Waals surface area contributed by atoms with E-state index in [4.69, 9.17) is 10.6 Å². The van der Waals surface area contributed by atoms with Crippen LogP contribution in [0.25, 0.3) is 0 Å². The van der Waals surface area contributed by atoms with Crippen molar-refractivity contribution in [2.24, 2.45) is 5.84 Å². The van der Waals surface area contributed by atoms with Crippen molar-refractivity contribution in [3.8, 4) is 0 Å². The monoisotopic (exact) mass is 304 g/mol. The highest BCUT2D eigenvalue weighted by Crippen LogP contribution is 2.30. The molecule has 0 aromatic heterocycles. The third-order valence-electron chi connectivity index (χ3n) is 3.62. The van der Waals surface area contributed by atoms with Gasteiger partial charge in [-0.15, -0.1) is 0 Å². The Morgan fingerprint density at radius 1 is 1.29 bits per heavy atom. The summed E-state index contributed by atoms with van der Waals surface area (Å²) in [5.74, 6) is 5.50. The molecule has 0 amide bonds. The lowest BCUT2D eigenvalue weighted by molar-refractivity contribution is -0.137. The van der Waals surface area contributed by atoms with Gasteiger partial charge in [-0.25, -0.2) is 0 Å². The van der Waals surface area contributed by atoms with Crippen molar-refractivity contribution in [3.05, 3.63) is 35.4 Å². The smallest absolute Gasteiger partial charge is 0.379 e. The summed E-state index contributed by atoms with van der Waals surface area (Å²) in [5, 5.41) is 0. The maximum atomic E-state index is 12.7. The van der Waals surface area contributed by atoms with Crippen LogP contribution in [0.3, 0.4) is 0 Å². The molecule has 0 aliphatic rings. The Kier molecular flexibility index (Phi) is 6.19. The largest absolute Gasteiger partial charge is 0.416 e. The van der Waals surface area contributed by atoms with Crippen LogP contribution >= 0.6 is 0 Å². The third kappa shape index (κ3) is 6.03. The lowest BCUT2D eigenvalue weighted by Gasteiger charge is -2.25. The number of methoxy groups -OCH3 is 1. The van der Waals surface area contributed by atoms with E-state index in [0.29, 0.717) is 18.4 Å². The lowest BCUT2D eigenvalue weighted by Crippen LogP contribution is -2.38. The number of halogens is 3. The summed E-state index contributed by atoms with van der Waals surface area (Å²) >= 11 is 0. The van der Waals surface area contributed by atoms with E-state index >= 15 is 0 Å². The van der Waals surface area contributed by atoms with Crippen molar-refractivity contribution in [2.45, 2.75) is 50.9 Å². The van der Waals surface area contributed by atoms with Gasteiger partial charge in [-0.2, -0.15) is 13.2 Å². The van der Waals surface area contributed by atoms with Gasteiger partial charge < -0.3 is 4.74 Å².